The zero-order chi connectivity index (χ0) is 25.7. The second-order valence-corrected chi connectivity index (χ2v) is 11.9. The predicted octanol–water partition coefficient (Wildman–Crippen LogP) is -1.05. The maximum atomic E-state index is 13.7. The van der Waals surface area contributed by atoms with Crippen molar-refractivity contribution in [2.45, 2.75) is 89.0 Å². The lowest BCUT2D eigenvalue weighted by atomic mass is 9.51. The van der Waals surface area contributed by atoms with E-state index < -0.39 is 99.9 Å². The van der Waals surface area contributed by atoms with Crippen LogP contribution < -0.4 is 5.73 Å². The van der Waals surface area contributed by atoms with Gasteiger partial charge in [-0.3, -0.25) is 9.59 Å². The second kappa shape index (κ2) is 6.90. The van der Waals surface area contributed by atoms with Gasteiger partial charge in [-0.15, -0.1) is 12.4 Å². The van der Waals surface area contributed by atoms with Crippen LogP contribution in [0.15, 0.2) is 0 Å². The number of carbonyl (C=O) groups excluding carboxylic acids is 4. The van der Waals surface area contributed by atoms with Gasteiger partial charge in [0.15, 0.2) is 23.9 Å². The minimum absolute atomic E-state index is 0. The lowest BCUT2D eigenvalue weighted by molar-refractivity contribution is -0.240. The van der Waals surface area contributed by atoms with E-state index in [4.69, 9.17) is 29.4 Å². The summed E-state index contributed by atoms with van der Waals surface area (Å²) in [5, 5.41) is 23.7. The highest BCUT2D eigenvalue weighted by molar-refractivity contribution is 5.94. The first kappa shape index (κ1) is 25.7. The molecule has 0 radical (unpaired) electrons. The Morgan fingerprint density at radius 2 is 1.81 bits per heavy atom. The van der Waals surface area contributed by atoms with E-state index in [9.17, 15) is 29.4 Å². The zero-order valence-corrected chi connectivity index (χ0v) is 21.2. The number of carbonyl (C=O) groups is 4. The van der Waals surface area contributed by atoms with E-state index in [2.05, 4.69) is 0 Å². The Balaban J connectivity index is 0.00000267. The van der Waals surface area contributed by atoms with Crippen molar-refractivity contribution in [3.05, 3.63) is 0 Å². The van der Waals surface area contributed by atoms with Crippen LogP contribution in [0.3, 0.4) is 0 Å². The highest BCUT2D eigenvalue weighted by Crippen LogP contribution is 2.85. The summed E-state index contributed by atoms with van der Waals surface area (Å²) < 4.78 is 29.0. The topological polar surface area (TPSA) is 181 Å². The van der Waals surface area contributed by atoms with Gasteiger partial charge in [0.1, 0.15) is 17.6 Å². The van der Waals surface area contributed by atoms with Crippen LogP contribution >= 0.6 is 12.4 Å². The fraction of sp³-hybridized carbons (Fsp3) is 0.826. The quantitative estimate of drug-likeness (QED) is 0.291. The summed E-state index contributed by atoms with van der Waals surface area (Å²) in [5.74, 6) is -5.48. The summed E-state index contributed by atoms with van der Waals surface area (Å²) in [6.07, 6.45) is -7.17. The minimum Gasteiger partial charge on any atom is -0.459 e. The molecule has 12 atom stereocenters. The van der Waals surface area contributed by atoms with Gasteiger partial charge in [-0.25, -0.2) is 9.59 Å². The van der Waals surface area contributed by atoms with Gasteiger partial charge in [0.25, 0.3) is 0 Å². The van der Waals surface area contributed by atoms with Gasteiger partial charge in [0, 0.05) is 0 Å². The number of aliphatic hydroxyl groups is 2. The van der Waals surface area contributed by atoms with Crippen molar-refractivity contribution >= 4 is 36.3 Å². The molecular weight excluding hydrogens is 502 g/mol. The average molecular weight is 532 g/mol. The number of hydrogen-bond donors (Lipinski definition) is 3. The van der Waals surface area contributed by atoms with Gasteiger partial charge in [-0.2, -0.15) is 0 Å². The monoisotopic (exact) mass is 531 g/mol. The molecule has 7 unspecified atom stereocenters. The lowest BCUT2D eigenvalue weighted by Gasteiger charge is -2.48. The maximum Gasteiger partial charge on any atom is 0.343 e. The number of hydrogen-bond acceptors (Lipinski definition) is 12. The van der Waals surface area contributed by atoms with Gasteiger partial charge in [-0.1, -0.05) is 20.8 Å². The first-order valence-electron chi connectivity index (χ1n) is 11.8. The van der Waals surface area contributed by atoms with E-state index in [0.717, 1.165) is 0 Å². The van der Waals surface area contributed by atoms with E-state index in [1.54, 1.807) is 0 Å². The number of rotatable bonds is 2. The fourth-order valence-corrected chi connectivity index (χ4v) is 8.47. The molecule has 4 saturated heterocycles. The second-order valence-electron chi connectivity index (χ2n) is 11.9. The van der Waals surface area contributed by atoms with E-state index in [1.165, 1.54) is 13.8 Å². The van der Waals surface area contributed by atoms with Crippen LogP contribution in [0.25, 0.3) is 0 Å². The minimum atomic E-state index is -2.34. The highest BCUT2D eigenvalue weighted by atomic mass is 35.5. The van der Waals surface area contributed by atoms with E-state index in [0.29, 0.717) is 0 Å². The van der Waals surface area contributed by atoms with Gasteiger partial charge in [-0.05, 0) is 31.6 Å². The molecule has 12 nitrogen and oxygen atoms in total. The third-order valence-electron chi connectivity index (χ3n) is 9.58. The maximum absolute atomic E-state index is 13.7. The first-order chi connectivity index (χ1) is 16.1. The molecule has 0 aromatic carbocycles. The molecule has 2 spiro atoms. The molecule has 36 heavy (non-hydrogen) atoms. The number of nitrogens with two attached hydrogens (primary N) is 1. The fourth-order valence-electron chi connectivity index (χ4n) is 8.47. The standard InChI is InChI=1S/C23H29NO11.ClH/c1-7-14(26)33-13-12(32-15(27)8(2)24)21-10-6-9(19(3,4)5)20(21)11(25)16(28)34-18(20)35-23(21,17(29)31-10)22(7,13)30;/h7-13,18,25,30H,6,24H2,1-5H3;1H/t7-,8?,9+,10?,11+,12+,13?,18?,20?,21?,22-,23?;/m1./s1. The molecule has 2 aliphatic carbocycles. The predicted molar refractivity (Wildman–Crippen MR) is 117 cm³/mol. The van der Waals surface area contributed by atoms with Crippen molar-refractivity contribution in [3.63, 3.8) is 0 Å². The normalized spacial score (nSPS) is 52.4. The van der Waals surface area contributed by atoms with Crippen LogP contribution in [0, 0.1) is 28.1 Å². The van der Waals surface area contributed by atoms with Gasteiger partial charge in [0.2, 0.25) is 11.9 Å². The largest absolute Gasteiger partial charge is 0.459 e. The van der Waals surface area contributed by atoms with Crippen LogP contribution in [0.1, 0.15) is 41.0 Å². The Hall–Kier alpha value is -1.99. The van der Waals surface area contributed by atoms with Gasteiger partial charge in [0.05, 0.1) is 11.3 Å². The van der Waals surface area contributed by atoms with Crippen LogP contribution in [-0.2, 0) is 42.9 Å². The van der Waals surface area contributed by atoms with Crippen molar-refractivity contribution < 1.29 is 53.1 Å². The summed E-state index contributed by atoms with van der Waals surface area (Å²) in [5.41, 5.74) is -2.92. The van der Waals surface area contributed by atoms with Crippen LogP contribution in [-0.4, -0.2) is 82.0 Å². The van der Waals surface area contributed by atoms with Crippen LogP contribution in [0.5, 0.6) is 0 Å². The number of aliphatic hydroxyl groups excluding tert-OH is 1. The molecule has 2 saturated carbocycles. The van der Waals surface area contributed by atoms with Crippen LogP contribution in [0.2, 0.25) is 0 Å². The SMILES string of the molecule is CC(N)C(=O)O[C@H]1C2OC(=O)[C@@H](C)[C@]2(O)C23OC4OC(=O)[C@H](O)C45[C@H](C(C)(C)C)CC(OC2=O)C153.Cl. The summed E-state index contributed by atoms with van der Waals surface area (Å²) >= 11 is 0. The van der Waals surface area contributed by atoms with Crippen LogP contribution in [0.4, 0.5) is 0 Å². The number of esters is 4. The van der Waals surface area contributed by atoms with E-state index in [1.807, 2.05) is 20.8 Å². The molecule has 0 bridgehead atoms. The molecular formula is C23H30ClNO11. The number of ether oxygens (including phenoxy) is 5. The van der Waals surface area contributed by atoms with Crippen molar-refractivity contribution in [1.29, 1.82) is 0 Å². The summed E-state index contributed by atoms with van der Waals surface area (Å²) in [4.78, 5) is 52.1. The van der Waals surface area contributed by atoms with E-state index in [-0.39, 0.29) is 18.8 Å². The molecule has 6 rings (SSSR count). The zero-order valence-electron chi connectivity index (χ0n) is 20.4. The number of halogens is 1. The van der Waals surface area contributed by atoms with Crippen molar-refractivity contribution in [2.75, 3.05) is 0 Å². The molecule has 4 N–H and O–H groups in total. The first-order valence-corrected chi connectivity index (χ1v) is 11.8. The molecule has 4 aliphatic heterocycles. The van der Waals surface area contributed by atoms with Gasteiger partial charge >= 0.3 is 23.9 Å². The van der Waals surface area contributed by atoms with Crippen molar-refractivity contribution in [1.82, 2.24) is 0 Å². The molecule has 4 heterocycles. The Kier molecular flexibility index (Phi) is 4.92. The molecule has 200 valence electrons. The molecule has 6 fully saturated rings. The van der Waals surface area contributed by atoms with Crippen molar-refractivity contribution in [3.8, 4) is 0 Å². The molecule has 0 aromatic heterocycles. The summed E-state index contributed by atoms with van der Waals surface area (Å²) in [7, 11) is 0. The molecule has 13 heteroatoms. The summed E-state index contributed by atoms with van der Waals surface area (Å²) in [6.45, 7) is 8.46. The van der Waals surface area contributed by atoms with Crippen molar-refractivity contribution in [2.24, 2.45) is 33.8 Å². The Bertz CT molecular complexity index is 1090. The Morgan fingerprint density at radius 1 is 1.17 bits per heavy atom. The lowest BCUT2D eigenvalue weighted by Crippen LogP contribution is -2.67. The Labute approximate surface area is 212 Å². The average Bonchev–Trinajstić information content (AvgIpc) is 3.46. The van der Waals surface area contributed by atoms with Gasteiger partial charge < -0.3 is 39.6 Å². The number of fused-ring (bicyclic) bond motifs is 1. The molecule has 0 aromatic rings. The summed E-state index contributed by atoms with van der Waals surface area (Å²) in [6, 6.07) is -1.10. The Morgan fingerprint density at radius 3 is 2.39 bits per heavy atom. The smallest absolute Gasteiger partial charge is 0.343 e. The third kappa shape index (κ3) is 2.14. The van der Waals surface area contributed by atoms with E-state index >= 15 is 0 Å². The third-order valence-corrected chi connectivity index (χ3v) is 9.58. The highest BCUT2D eigenvalue weighted by Gasteiger charge is 3.04. The molecule has 0 amide bonds. The molecule has 6 aliphatic rings.